The molecule has 34 heavy (non-hydrogen) atoms. The van der Waals surface area contributed by atoms with Gasteiger partial charge >= 0.3 is 5.97 Å². The number of amides is 3. The van der Waals surface area contributed by atoms with Crippen LogP contribution in [-0.2, 0) is 9.53 Å². The lowest BCUT2D eigenvalue weighted by Gasteiger charge is -2.13. The fraction of sp³-hybridized carbons (Fsp3) is 0.261. The maximum Gasteiger partial charge on any atom is 0.339 e. The van der Waals surface area contributed by atoms with Crippen LogP contribution in [-0.4, -0.2) is 59.4 Å². The second-order valence-corrected chi connectivity index (χ2v) is 8.25. The molecule has 1 aromatic heterocycles. The van der Waals surface area contributed by atoms with Gasteiger partial charge in [-0.2, -0.15) is 0 Å². The molecular weight excluding hydrogens is 462 g/mol. The number of hydrogen-bond acceptors (Lipinski definition) is 9. The predicted molar refractivity (Wildman–Crippen MR) is 123 cm³/mol. The van der Waals surface area contributed by atoms with Crippen LogP contribution < -0.4 is 14.8 Å². The summed E-state index contributed by atoms with van der Waals surface area (Å²) in [6, 6.07) is 8.14. The molecule has 11 heteroatoms. The molecule has 0 radical (unpaired) electrons. The van der Waals surface area contributed by atoms with E-state index in [1.807, 2.05) is 0 Å². The molecule has 2 aliphatic rings. The Kier molecular flexibility index (Phi) is 6.82. The number of imide groups is 1. The molecule has 0 atom stereocenters. The number of esters is 1. The third-order valence-electron chi connectivity index (χ3n) is 5.00. The summed E-state index contributed by atoms with van der Waals surface area (Å²) in [5.41, 5.74) is 1.47. The highest BCUT2D eigenvalue weighted by atomic mass is 32.2. The maximum atomic E-state index is 12.7. The summed E-state index contributed by atoms with van der Waals surface area (Å²) in [4.78, 5) is 54.8. The first-order valence-electron chi connectivity index (χ1n) is 10.5. The van der Waals surface area contributed by atoms with Crippen molar-refractivity contribution in [3.8, 4) is 11.5 Å². The van der Waals surface area contributed by atoms with Crippen LogP contribution in [0.4, 0.5) is 4.79 Å². The number of aromatic nitrogens is 1. The monoisotopic (exact) mass is 483 g/mol. The van der Waals surface area contributed by atoms with Gasteiger partial charge in [0, 0.05) is 13.1 Å². The lowest BCUT2D eigenvalue weighted by molar-refractivity contribution is -0.122. The molecular formula is C23H21N3O7S. The zero-order valence-electron chi connectivity index (χ0n) is 18.5. The van der Waals surface area contributed by atoms with Gasteiger partial charge in [0.2, 0.25) is 6.79 Å². The van der Waals surface area contributed by atoms with Gasteiger partial charge in [0.25, 0.3) is 17.1 Å². The minimum absolute atomic E-state index is 0.00871. The summed E-state index contributed by atoms with van der Waals surface area (Å²) in [7, 11) is 0. The van der Waals surface area contributed by atoms with Gasteiger partial charge in [-0.25, -0.2) is 9.78 Å². The number of nitrogens with zero attached hydrogens (tertiary/aromatic N) is 2. The molecule has 10 nitrogen and oxygen atoms in total. The number of benzene rings is 1. The van der Waals surface area contributed by atoms with Gasteiger partial charge in [-0.15, -0.1) is 0 Å². The highest BCUT2D eigenvalue weighted by Gasteiger charge is 2.34. The van der Waals surface area contributed by atoms with Crippen molar-refractivity contribution in [3.63, 3.8) is 0 Å². The standard InChI is InChI=1S/C23H21N3O7S/c1-3-31-22(29)15-5-6-16(25-13(15)2)20(27)24-8-9-26-21(28)19(34-23(26)30)11-14-4-7-17-18(10-14)33-12-32-17/h4-7,10-11H,3,8-9,12H2,1-2H3,(H,24,27)/b19-11+. The van der Waals surface area contributed by atoms with Crippen LogP contribution in [0, 0.1) is 6.92 Å². The van der Waals surface area contributed by atoms with Gasteiger partial charge in [0.05, 0.1) is 22.8 Å². The maximum absolute atomic E-state index is 12.7. The van der Waals surface area contributed by atoms with Crippen molar-refractivity contribution in [3.05, 3.63) is 57.8 Å². The fourth-order valence-electron chi connectivity index (χ4n) is 3.33. The number of ether oxygens (including phenoxy) is 3. The molecule has 1 saturated heterocycles. The smallest absolute Gasteiger partial charge is 0.339 e. The SMILES string of the molecule is CCOC(=O)c1ccc(C(=O)NCCN2C(=O)S/C(=C/c3ccc4c(c3)OCO4)C2=O)nc1C. The van der Waals surface area contributed by atoms with E-state index >= 15 is 0 Å². The lowest BCUT2D eigenvalue weighted by Crippen LogP contribution is -2.37. The summed E-state index contributed by atoms with van der Waals surface area (Å²) in [5, 5.41) is 2.22. The van der Waals surface area contributed by atoms with E-state index in [0.717, 1.165) is 16.7 Å². The summed E-state index contributed by atoms with van der Waals surface area (Å²) in [5.74, 6) is -0.222. The Balaban J connectivity index is 1.34. The Bertz CT molecular complexity index is 1210. The molecule has 0 bridgehead atoms. The van der Waals surface area contributed by atoms with Crippen molar-refractivity contribution in [2.45, 2.75) is 13.8 Å². The Morgan fingerprint density at radius 3 is 2.76 bits per heavy atom. The van der Waals surface area contributed by atoms with E-state index in [-0.39, 0.29) is 42.7 Å². The first kappa shape index (κ1) is 23.3. The highest BCUT2D eigenvalue weighted by molar-refractivity contribution is 8.18. The highest BCUT2D eigenvalue weighted by Crippen LogP contribution is 2.36. The summed E-state index contributed by atoms with van der Waals surface area (Å²) in [6.45, 7) is 3.75. The molecule has 0 unspecified atom stereocenters. The van der Waals surface area contributed by atoms with Crippen molar-refractivity contribution in [2.75, 3.05) is 26.5 Å². The first-order chi connectivity index (χ1) is 16.4. The summed E-state index contributed by atoms with van der Waals surface area (Å²) in [6.07, 6.45) is 1.61. The molecule has 1 N–H and O–H groups in total. The van der Waals surface area contributed by atoms with Crippen LogP contribution in [0.15, 0.2) is 35.2 Å². The third kappa shape index (κ3) is 4.88. The van der Waals surface area contributed by atoms with Gasteiger partial charge in [-0.05, 0) is 61.5 Å². The first-order valence-corrected chi connectivity index (χ1v) is 11.3. The van der Waals surface area contributed by atoms with Crippen LogP contribution in [0.5, 0.6) is 11.5 Å². The zero-order valence-corrected chi connectivity index (χ0v) is 19.3. The molecule has 1 fully saturated rings. The molecule has 4 rings (SSSR count). The minimum Gasteiger partial charge on any atom is -0.462 e. The molecule has 3 heterocycles. The van der Waals surface area contributed by atoms with E-state index in [2.05, 4.69) is 10.3 Å². The van der Waals surface area contributed by atoms with E-state index in [4.69, 9.17) is 14.2 Å². The molecule has 0 aliphatic carbocycles. The van der Waals surface area contributed by atoms with Crippen LogP contribution in [0.3, 0.4) is 0 Å². The van der Waals surface area contributed by atoms with Gasteiger partial charge in [-0.1, -0.05) is 6.07 Å². The quantitative estimate of drug-likeness (QED) is 0.467. The van der Waals surface area contributed by atoms with E-state index in [1.54, 1.807) is 38.1 Å². The predicted octanol–water partition coefficient (Wildman–Crippen LogP) is 2.76. The van der Waals surface area contributed by atoms with Crippen LogP contribution >= 0.6 is 11.8 Å². The Hall–Kier alpha value is -3.86. The molecule has 176 valence electrons. The summed E-state index contributed by atoms with van der Waals surface area (Å²) >= 11 is 0.833. The Morgan fingerprint density at radius 2 is 2.00 bits per heavy atom. The summed E-state index contributed by atoms with van der Waals surface area (Å²) < 4.78 is 15.6. The van der Waals surface area contributed by atoms with Crippen LogP contribution in [0.25, 0.3) is 6.08 Å². The van der Waals surface area contributed by atoms with E-state index < -0.39 is 23.0 Å². The van der Waals surface area contributed by atoms with Crippen molar-refractivity contribution >= 4 is 40.9 Å². The second kappa shape index (κ2) is 9.96. The molecule has 0 saturated carbocycles. The topological polar surface area (TPSA) is 124 Å². The minimum atomic E-state index is -0.507. The number of aryl methyl sites for hydroxylation is 1. The largest absolute Gasteiger partial charge is 0.462 e. The normalized spacial score (nSPS) is 15.7. The van der Waals surface area contributed by atoms with Crippen LogP contribution in [0.2, 0.25) is 0 Å². The van der Waals surface area contributed by atoms with Gasteiger partial charge in [-0.3, -0.25) is 19.3 Å². The van der Waals surface area contributed by atoms with Crippen molar-refractivity contribution in [2.24, 2.45) is 0 Å². The third-order valence-corrected chi connectivity index (χ3v) is 5.91. The van der Waals surface area contributed by atoms with E-state index in [9.17, 15) is 19.2 Å². The molecule has 0 spiro atoms. The number of carbonyl (C=O) groups excluding carboxylic acids is 4. The van der Waals surface area contributed by atoms with Gasteiger partial charge in [0.15, 0.2) is 11.5 Å². The number of pyridine rings is 1. The number of fused-ring (bicyclic) bond motifs is 1. The van der Waals surface area contributed by atoms with Gasteiger partial charge < -0.3 is 19.5 Å². The van der Waals surface area contributed by atoms with Crippen LogP contribution in [0.1, 0.15) is 39.0 Å². The second-order valence-electron chi connectivity index (χ2n) is 7.25. The molecule has 2 aliphatic heterocycles. The van der Waals surface area contributed by atoms with Crippen molar-refractivity contribution in [1.29, 1.82) is 0 Å². The molecule has 1 aromatic carbocycles. The number of thioether (sulfide) groups is 1. The zero-order chi connectivity index (χ0) is 24.2. The Morgan fingerprint density at radius 1 is 1.21 bits per heavy atom. The number of carbonyl (C=O) groups is 4. The number of nitrogens with one attached hydrogen (secondary N) is 1. The molecule has 2 aromatic rings. The average Bonchev–Trinajstić information content (AvgIpc) is 3.38. The Labute approximate surface area is 199 Å². The van der Waals surface area contributed by atoms with Crippen molar-refractivity contribution < 1.29 is 33.4 Å². The van der Waals surface area contributed by atoms with Gasteiger partial charge in [0.1, 0.15) is 5.69 Å². The number of hydrogen-bond donors (Lipinski definition) is 1. The van der Waals surface area contributed by atoms with E-state index in [1.165, 1.54) is 12.1 Å². The molecule has 3 amide bonds. The number of rotatable bonds is 7. The fourth-order valence-corrected chi connectivity index (χ4v) is 4.20. The van der Waals surface area contributed by atoms with E-state index in [0.29, 0.717) is 22.8 Å². The lowest BCUT2D eigenvalue weighted by atomic mass is 10.2. The average molecular weight is 484 g/mol. The van der Waals surface area contributed by atoms with Crippen molar-refractivity contribution in [1.82, 2.24) is 15.2 Å².